The van der Waals surface area contributed by atoms with Crippen molar-refractivity contribution in [3.63, 3.8) is 0 Å². The summed E-state index contributed by atoms with van der Waals surface area (Å²) in [5.41, 5.74) is 6.66. The maximum Gasteiger partial charge on any atom is 0.127 e. The van der Waals surface area contributed by atoms with Crippen LogP contribution in [0, 0.1) is 0 Å². The average Bonchev–Trinajstić information content (AvgIpc) is 2.37. The molecule has 0 amide bonds. The largest absolute Gasteiger partial charge is 0.493 e. The van der Waals surface area contributed by atoms with Crippen LogP contribution in [-0.2, 0) is 6.54 Å². The van der Waals surface area contributed by atoms with Gasteiger partial charge in [-0.1, -0.05) is 19.1 Å². The van der Waals surface area contributed by atoms with E-state index in [2.05, 4.69) is 13.5 Å². The second-order valence-corrected chi connectivity index (χ2v) is 3.75. The van der Waals surface area contributed by atoms with E-state index >= 15 is 0 Å². The number of rotatable bonds is 8. The van der Waals surface area contributed by atoms with E-state index in [1.807, 2.05) is 24.3 Å². The third-order valence-electron chi connectivity index (χ3n) is 2.31. The SMILES string of the molecule is C=CCCOc1cc(OCCC)ccc1CN. The molecular weight excluding hydrogens is 214 g/mol. The minimum absolute atomic E-state index is 0.470. The van der Waals surface area contributed by atoms with Gasteiger partial charge in [-0.05, 0) is 18.9 Å². The predicted molar refractivity (Wildman–Crippen MR) is 70.4 cm³/mol. The van der Waals surface area contributed by atoms with Gasteiger partial charge < -0.3 is 15.2 Å². The molecule has 1 aromatic carbocycles. The highest BCUT2D eigenvalue weighted by Gasteiger charge is 2.04. The van der Waals surface area contributed by atoms with Crippen LogP contribution in [-0.4, -0.2) is 13.2 Å². The number of ether oxygens (including phenoxy) is 2. The minimum atomic E-state index is 0.470. The molecule has 0 saturated carbocycles. The molecule has 3 nitrogen and oxygen atoms in total. The molecule has 0 bridgehead atoms. The standard InChI is InChI=1S/C14H21NO2/c1-3-5-9-17-14-10-13(16-8-4-2)7-6-12(14)11-15/h3,6-7,10H,1,4-5,8-9,11,15H2,2H3. The van der Waals surface area contributed by atoms with E-state index in [9.17, 15) is 0 Å². The van der Waals surface area contributed by atoms with Crippen molar-refractivity contribution in [3.8, 4) is 11.5 Å². The highest BCUT2D eigenvalue weighted by Crippen LogP contribution is 2.25. The summed E-state index contributed by atoms with van der Waals surface area (Å²) in [4.78, 5) is 0. The van der Waals surface area contributed by atoms with Gasteiger partial charge >= 0.3 is 0 Å². The Bertz CT molecular complexity index is 350. The number of hydrogen-bond acceptors (Lipinski definition) is 3. The molecule has 0 saturated heterocycles. The van der Waals surface area contributed by atoms with Crippen LogP contribution in [0.5, 0.6) is 11.5 Å². The summed E-state index contributed by atoms with van der Waals surface area (Å²) in [5, 5.41) is 0. The van der Waals surface area contributed by atoms with Crippen molar-refractivity contribution < 1.29 is 9.47 Å². The van der Waals surface area contributed by atoms with Crippen molar-refractivity contribution in [2.45, 2.75) is 26.3 Å². The topological polar surface area (TPSA) is 44.5 Å². The zero-order valence-electron chi connectivity index (χ0n) is 10.4. The van der Waals surface area contributed by atoms with Crippen LogP contribution >= 0.6 is 0 Å². The van der Waals surface area contributed by atoms with E-state index in [0.717, 1.165) is 29.9 Å². The molecule has 0 spiro atoms. The first kappa shape index (κ1) is 13.6. The molecule has 94 valence electrons. The average molecular weight is 235 g/mol. The molecule has 0 fully saturated rings. The van der Waals surface area contributed by atoms with Crippen molar-refractivity contribution in [1.29, 1.82) is 0 Å². The van der Waals surface area contributed by atoms with Gasteiger partial charge in [-0.15, -0.1) is 6.58 Å². The predicted octanol–water partition coefficient (Wildman–Crippen LogP) is 2.89. The molecule has 0 aliphatic heterocycles. The van der Waals surface area contributed by atoms with Gasteiger partial charge in [0.1, 0.15) is 11.5 Å². The lowest BCUT2D eigenvalue weighted by Gasteiger charge is -2.12. The molecule has 17 heavy (non-hydrogen) atoms. The number of hydrogen-bond donors (Lipinski definition) is 1. The van der Waals surface area contributed by atoms with Crippen molar-refractivity contribution in [1.82, 2.24) is 0 Å². The van der Waals surface area contributed by atoms with Crippen LogP contribution < -0.4 is 15.2 Å². The van der Waals surface area contributed by atoms with Gasteiger partial charge in [0.05, 0.1) is 13.2 Å². The first-order chi connectivity index (χ1) is 8.31. The van der Waals surface area contributed by atoms with E-state index in [4.69, 9.17) is 15.2 Å². The van der Waals surface area contributed by atoms with Crippen molar-refractivity contribution in [2.75, 3.05) is 13.2 Å². The summed E-state index contributed by atoms with van der Waals surface area (Å²) < 4.78 is 11.2. The molecule has 0 atom stereocenters. The molecule has 0 radical (unpaired) electrons. The lowest BCUT2D eigenvalue weighted by molar-refractivity contribution is 0.303. The van der Waals surface area contributed by atoms with E-state index in [0.29, 0.717) is 19.8 Å². The molecule has 0 aliphatic rings. The fourth-order valence-electron chi connectivity index (χ4n) is 1.40. The molecule has 0 unspecified atom stereocenters. The van der Waals surface area contributed by atoms with E-state index in [1.54, 1.807) is 0 Å². The fraction of sp³-hybridized carbons (Fsp3) is 0.429. The Morgan fingerprint density at radius 3 is 2.76 bits per heavy atom. The maximum atomic E-state index is 5.66. The molecule has 0 aliphatic carbocycles. The summed E-state index contributed by atoms with van der Waals surface area (Å²) in [5.74, 6) is 1.64. The molecule has 0 heterocycles. The van der Waals surface area contributed by atoms with Gasteiger partial charge in [0.15, 0.2) is 0 Å². The van der Waals surface area contributed by atoms with Crippen LogP contribution in [0.2, 0.25) is 0 Å². The fourth-order valence-corrected chi connectivity index (χ4v) is 1.40. The molecule has 3 heteroatoms. The summed E-state index contributed by atoms with van der Waals surface area (Å²) >= 11 is 0. The molecule has 1 rings (SSSR count). The highest BCUT2D eigenvalue weighted by molar-refractivity contribution is 5.40. The van der Waals surface area contributed by atoms with Gasteiger partial charge in [-0.25, -0.2) is 0 Å². The zero-order chi connectivity index (χ0) is 12.5. The summed E-state index contributed by atoms with van der Waals surface area (Å²) in [6, 6.07) is 5.79. The molecule has 2 N–H and O–H groups in total. The van der Waals surface area contributed by atoms with Gasteiger partial charge in [-0.3, -0.25) is 0 Å². The Kier molecular flexibility index (Phi) is 6.18. The second kappa shape index (κ2) is 7.74. The normalized spacial score (nSPS) is 10.0. The zero-order valence-corrected chi connectivity index (χ0v) is 10.4. The number of benzene rings is 1. The maximum absolute atomic E-state index is 5.66. The summed E-state index contributed by atoms with van der Waals surface area (Å²) in [6.07, 6.45) is 3.65. The summed E-state index contributed by atoms with van der Waals surface area (Å²) in [6.45, 7) is 7.55. The monoisotopic (exact) mass is 235 g/mol. The van der Waals surface area contributed by atoms with Gasteiger partial charge in [0.25, 0.3) is 0 Å². The smallest absolute Gasteiger partial charge is 0.127 e. The Balaban J connectivity index is 2.71. The number of nitrogens with two attached hydrogens (primary N) is 1. The van der Waals surface area contributed by atoms with Gasteiger partial charge in [0, 0.05) is 18.2 Å². The van der Waals surface area contributed by atoms with Crippen LogP contribution in [0.3, 0.4) is 0 Å². The van der Waals surface area contributed by atoms with Gasteiger partial charge in [-0.2, -0.15) is 0 Å². The Morgan fingerprint density at radius 2 is 2.12 bits per heavy atom. The van der Waals surface area contributed by atoms with Gasteiger partial charge in [0.2, 0.25) is 0 Å². The first-order valence-corrected chi connectivity index (χ1v) is 6.01. The Morgan fingerprint density at radius 1 is 1.29 bits per heavy atom. The van der Waals surface area contributed by atoms with Crippen molar-refractivity contribution in [2.24, 2.45) is 5.73 Å². The van der Waals surface area contributed by atoms with Crippen molar-refractivity contribution >= 4 is 0 Å². The third kappa shape index (κ3) is 4.49. The lowest BCUT2D eigenvalue weighted by atomic mass is 10.2. The van der Waals surface area contributed by atoms with Crippen LogP contribution in [0.1, 0.15) is 25.3 Å². The van der Waals surface area contributed by atoms with E-state index < -0.39 is 0 Å². The molecule has 0 aromatic heterocycles. The van der Waals surface area contributed by atoms with Crippen LogP contribution in [0.4, 0.5) is 0 Å². The third-order valence-corrected chi connectivity index (χ3v) is 2.31. The Hall–Kier alpha value is -1.48. The second-order valence-electron chi connectivity index (χ2n) is 3.75. The molecule has 1 aromatic rings. The minimum Gasteiger partial charge on any atom is -0.493 e. The lowest BCUT2D eigenvalue weighted by Crippen LogP contribution is -2.04. The Labute approximate surface area is 103 Å². The molecular formula is C14H21NO2. The van der Waals surface area contributed by atoms with Crippen LogP contribution in [0.15, 0.2) is 30.9 Å². The first-order valence-electron chi connectivity index (χ1n) is 6.01. The quantitative estimate of drug-likeness (QED) is 0.556. The van der Waals surface area contributed by atoms with E-state index in [1.165, 1.54) is 0 Å². The highest BCUT2D eigenvalue weighted by atomic mass is 16.5. The van der Waals surface area contributed by atoms with E-state index in [-0.39, 0.29) is 0 Å². The van der Waals surface area contributed by atoms with Crippen molar-refractivity contribution in [3.05, 3.63) is 36.4 Å². The summed E-state index contributed by atoms with van der Waals surface area (Å²) in [7, 11) is 0. The van der Waals surface area contributed by atoms with Crippen LogP contribution in [0.25, 0.3) is 0 Å².